The lowest BCUT2D eigenvalue weighted by Gasteiger charge is -2.17. The van der Waals surface area contributed by atoms with Gasteiger partial charge in [-0.3, -0.25) is 0 Å². The first kappa shape index (κ1) is 15.0. The molecule has 3 aromatic rings. The second kappa shape index (κ2) is 5.71. The van der Waals surface area contributed by atoms with Crippen LogP contribution in [0.4, 0.5) is 10.5 Å². The lowest BCUT2D eigenvalue weighted by atomic mass is 10.2. The quantitative estimate of drug-likeness (QED) is 0.801. The van der Waals surface area contributed by atoms with Crippen LogP contribution in [0.3, 0.4) is 0 Å². The van der Waals surface area contributed by atoms with E-state index >= 15 is 0 Å². The number of fused-ring (bicyclic) bond motifs is 1. The Bertz CT molecular complexity index is 847. The summed E-state index contributed by atoms with van der Waals surface area (Å²) in [6.07, 6.45) is 0. The fourth-order valence-corrected chi connectivity index (χ4v) is 2.39. The Balaban J connectivity index is 1.78. The molecule has 2 aromatic heterocycles. The third-order valence-corrected chi connectivity index (χ3v) is 3.68. The molecule has 0 aliphatic rings. The second-order valence-corrected chi connectivity index (χ2v) is 5.45. The largest absolute Gasteiger partial charge is 0.361 e. The van der Waals surface area contributed by atoms with Gasteiger partial charge in [0.1, 0.15) is 16.8 Å². The van der Waals surface area contributed by atoms with Crippen molar-refractivity contribution in [1.82, 2.24) is 25.1 Å². The van der Waals surface area contributed by atoms with E-state index in [4.69, 9.17) is 4.52 Å². The standard InChI is InChI=1S/C15H18N6O2/c1-9-11(10(2)23-19-9)8-20(3)15(22)16-12-6-5-7-13-14(12)18-21(4)17-13/h5-7H,8H2,1-4H3,(H,16,22). The Morgan fingerprint density at radius 2 is 2.13 bits per heavy atom. The molecule has 0 fully saturated rings. The minimum absolute atomic E-state index is 0.233. The van der Waals surface area contributed by atoms with Crippen molar-refractivity contribution in [2.45, 2.75) is 20.4 Å². The SMILES string of the molecule is Cc1noc(C)c1CN(C)C(=O)Nc1cccc2nn(C)nc12. The molecule has 0 radical (unpaired) electrons. The summed E-state index contributed by atoms with van der Waals surface area (Å²) in [5.74, 6) is 0.721. The van der Waals surface area contributed by atoms with E-state index in [0.29, 0.717) is 17.7 Å². The van der Waals surface area contributed by atoms with Crippen LogP contribution in [0.2, 0.25) is 0 Å². The molecule has 2 amide bonds. The van der Waals surface area contributed by atoms with Crippen molar-refractivity contribution in [3.05, 3.63) is 35.2 Å². The van der Waals surface area contributed by atoms with Gasteiger partial charge in [-0.25, -0.2) is 4.79 Å². The van der Waals surface area contributed by atoms with Gasteiger partial charge in [0.2, 0.25) is 0 Å². The lowest BCUT2D eigenvalue weighted by Crippen LogP contribution is -2.31. The third-order valence-electron chi connectivity index (χ3n) is 3.68. The number of benzene rings is 1. The molecule has 3 rings (SSSR count). The topological polar surface area (TPSA) is 89.1 Å². The van der Waals surface area contributed by atoms with Crippen LogP contribution < -0.4 is 5.32 Å². The van der Waals surface area contributed by atoms with Gasteiger partial charge in [-0.15, -0.1) is 0 Å². The molecule has 0 saturated carbocycles. The molecule has 0 aliphatic heterocycles. The first-order valence-electron chi connectivity index (χ1n) is 7.19. The number of carbonyl (C=O) groups excluding carboxylic acids is 1. The molecule has 0 bridgehead atoms. The number of hydrogen-bond donors (Lipinski definition) is 1. The molecule has 1 aromatic carbocycles. The normalized spacial score (nSPS) is 11.0. The van der Waals surface area contributed by atoms with Crippen molar-refractivity contribution in [2.75, 3.05) is 12.4 Å². The number of amides is 2. The number of nitrogens with zero attached hydrogens (tertiary/aromatic N) is 5. The monoisotopic (exact) mass is 314 g/mol. The van der Waals surface area contributed by atoms with Gasteiger partial charge in [-0.1, -0.05) is 11.2 Å². The highest BCUT2D eigenvalue weighted by Gasteiger charge is 2.17. The highest BCUT2D eigenvalue weighted by molar-refractivity contribution is 5.98. The molecule has 0 saturated heterocycles. The van der Waals surface area contributed by atoms with E-state index in [1.807, 2.05) is 26.0 Å². The van der Waals surface area contributed by atoms with Crippen LogP contribution >= 0.6 is 0 Å². The molecule has 120 valence electrons. The van der Waals surface area contributed by atoms with Crippen molar-refractivity contribution < 1.29 is 9.32 Å². The van der Waals surface area contributed by atoms with Crippen LogP contribution in [0.5, 0.6) is 0 Å². The molecule has 23 heavy (non-hydrogen) atoms. The predicted molar refractivity (Wildman–Crippen MR) is 85.0 cm³/mol. The summed E-state index contributed by atoms with van der Waals surface area (Å²) in [5.41, 5.74) is 3.73. The summed E-state index contributed by atoms with van der Waals surface area (Å²) in [7, 11) is 3.47. The first-order valence-corrected chi connectivity index (χ1v) is 7.19. The summed E-state index contributed by atoms with van der Waals surface area (Å²) < 4.78 is 5.13. The van der Waals surface area contributed by atoms with Crippen molar-refractivity contribution >= 4 is 22.8 Å². The van der Waals surface area contributed by atoms with E-state index in [-0.39, 0.29) is 6.03 Å². The number of nitrogens with one attached hydrogen (secondary N) is 1. The van der Waals surface area contributed by atoms with Gasteiger partial charge in [0.05, 0.1) is 17.9 Å². The summed E-state index contributed by atoms with van der Waals surface area (Å²) in [6, 6.07) is 5.26. The molecule has 8 nitrogen and oxygen atoms in total. The Hall–Kier alpha value is -2.90. The maximum atomic E-state index is 12.4. The summed E-state index contributed by atoms with van der Waals surface area (Å²) in [4.78, 5) is 15.5. The molecule has 0 atom stereocenters. The zero-order valence-corrected chi connectivity index (χ0v) is 13.5. The lowest BCUT2D eigenvalue weighted by molar-refractivity contribution is 0.220. The minimum atomic E-state index is -0.233. The average molecular weight is 314 g/mol. The van der Waals surface area contributed by atoms with Crippen LogP contribution in [0.15, 0.2) is 22.7 Å². The van der Waals surface area contributed by atoms with Gasteiger partial charge < -0.3 is 14.7 Å². The maximum absolute atomic E-state index is 12.4. The number of rotatable bonds is 3. The van der Waals surface area contributed by atoms with Gasteiger partial charge in [-0.05, 0) is 26.0 Å². The van der Waals surface area contributed by atoms with Crippen LogP contribution in [-0.2, 0) is 13.6 Å². The summed E-state index contributed by atoms with van der Waals surface area (Å²) in [6.45, 7) is 4.11. The Morgan fingerprint density at radius 3 is 2.83 bits per heavy atom. The molecule has 1 N–H and O–H groups in total. The Morgan fingerprint density at radius 1 is 1.35 bits per heavy atom. The van der Waals surface area contributed by atoms with E-state index in [1.165, 1.54) is 4.80 Å². The number of aromatic nitrogens is 4. The molecule has 0 aliphatic carbocycles. The Kier molecular flexibility index (Phi) is 3.73. The number of aryl methyl sites for hydroxylation is 3. The van der Waals surface area contributed by atoms with E-state index < -0.39 is 0 Å². The third kappa shape index (κ3) is 2.87. The van der Waals surface area contributed by atoms with Gasteiger partial charge in [0.15, 0.2) is 0 Å². The second-order valence-electron chi connectivity index (χ2n) is 5.45. The molecular formula is C15H18N6O2. The molecular weight excluding hydrogens is 296 g/mol. The van der Waals surface area contributed by atoms with Gasteiger partial charge in [0, 0.05) is 19.7 Å². The Labute approximate surface area is 133 Å². The molecule has 8 heteroatoms. The van der Waals surface area contributed by atoms with E-state index in [1.54, 1.807) is 25.1 Å². The van der Waals surface area contributed by atoms with Crippen LogP contribution in [-0.4, -0.2) is 38.1 Å². The minimum Gasteiger partial charge on any atom is -0.361 e. The first-order chi connectivity index (χ1) is 11.0. The summed E-state index contributed by atoms with van der Waals surface area (Å²) >= 11 is 0. The number of carbonyl (C=O) groups is 1. The van der Waals surface area contributed by atoms with Crippen LogP contribution in [0.25, 0.3) is 11.0 Å². The van der Waals surface area contributed by atoms with Gasteiger partial charge >= 0.3 is 6.03 Å². The zero-order valence-electron chi connectivity index (χ0n) is 13.5. The van der Waals surface area contributed by atoms with Crippen molar-refractivity contribution in [2.24, 2.45) is 7.05 Å². The van der Waals surface area contributed by atoms with Crippen LogP contribution in [0.1, 0.15) is 17.0 Å². The van der Waals surface area contributed by atoms with E-state index in [0.717, 1.165) is 22.5 Å². The average Bonchev–Trinajstić information content (AvgIpc) is 3.04. The smallest absolute Gasteiger partial charge is 0.321 e. The highest BCUT2D eigenvalue weighted by atomic mass is 16.5. The van der Waals surface area contributed by atoms with E-state index in [9.17, 15) is 4.79 Å². The number of anilines is 1. The molecule has 0 spiro atoms. The fourth-order valence-electron chi connectivity index (χ4n) is 2.39. The summed E-state index contributed by atoms with van der Waals surface area (Å²) in [5, 5.41) is 15.3. The van der Waals surface area contributed by atoms with Gasteiger partial charge in [-0.2, -0.15) is 15.0 Å². The number of hydrogen-bond acceptors (Lipinski definition) is 5. The van der Waals surface area contributed by atoms with Crippen molar-refractivity contribution in [1.29, 1.82) is 0 Å². The predicted octanol–water partition coefficient (Wildman–Crippen LogP) is 2.24. The highest BCUT2D eigenvalue weighted by Crippen LogP contribution is 2.20. The maximum Gasteiger partial charge on any atom is 0.321 e. The molecule has 0 unspecified atom stereocenters. The van der Waals surface area contributed by atoms with Crippen LogP contribution in [0, 0.1) is 13.8 Å². The zero-order chi connectivity index (χ0) is 16.6. The van der Waals surface area contributed by atoms with Crippen molar-refractivity contribution in [3.8, 4) is 0 Å². The molecule has 2 heterocycles. The van der Waals surface area contributed by atoms with E-state index in [2.05, 4.69) is 20.7 Å². The number of urea groups is 1. The van der Waals surface area contributed by atoms with Crippen molar-refractivity contribution in [3.63, 3.8) is 0 Å². The fraction of sp³-hybridized carbons (Fsp3) is 0.333. The van der Waals surface area contributed by atoms with Gasteiger partial charge in [0.25, 0.3) is 0 Å².